The molecular formula is C13H17BrN2O. The average molecular weight is 297 g/mol. The van der Waals surface area contributed by atoms with Gasteiger partial charge in [0.25, 0.3) is 5.91 Å². The molecule has 1 aliphatic heterocycles. The van der Waals surface area contributed by atoms with Gasteiger partial charge in [0.2, 0.25) is 0 Å². The quantitative estimate of drug-likeness (QED) is 0.908. The van der Waals surface area contributed by atoms with E-state index in [9.17, 15) is 4.79 Å². The van der Waals surface area contributed by atoms with Gasteiger partial charge in [-0.3, -0.25) is 4.79 Å². The van der Waals surface area contributed by atoms with Crippen LogP contribution in [0.5, 0.6) is 0 Å². The lowest BCUT2D eigenvalue weighted by Crippen LogP contribution is -2.46. The summed E-state index contributed by atoms with van der Waals surface area (Å²) in [5.74, 6) is 0.131. The third-order valence-corrected chi connectivity index (χ3v) is 3.68. The van der Waals surface area contributed by atoms with Crippen molar-refractivity contribution in [3.63, 3.8) is 0 Å². The van der Waals surface area contributed by atoms with Crippen LogP contribution in [0.4, 0.5) is 0 Å². The fraction of sp³-hybridized carbons (Fsp3) is 0.462. The molecule has 3 nitrogen and oxygen atoms in total. The Morgan fingerprint density at radius 3 is 3.06 bits per heavy atom. The zero-order chi connectivity index (χ0) is 12.3. The summed E-state index contributed by atoms with van der Waals surface area (Å²) in [6.45, 7) is 1.67. The highest BCUT2D eigenvalue weighted by molar-refractivity contribution is 9.10. The number of benzene rings is 1. The summed E-state index contributed by atoms with van der Waals surface area (Å²) < 4.78 is 0.950. The average Bonchev–Trinajstić information content (AvgIpc) is 2.38. The first-order chi connectivity index (χ1) is 8.20. The fourth-order valence-electron chi connectivity index (χ4n) is 2.20. The summed E-state index contributed by atoms with van der Waals surface area (Å²) in [6.07, 6.45) is 2.23. The molecule has 0 aromatic heterocycles. The molecular weight excluding hydrogens is 280 g/mol. The van der Waals surface area contributed by atoms with E-state index in [0.717, 1.165) is 36.0 Å². The number of likely N-dealkylation sites (N-methyl/N-ethyl adjacent to an activating group) is 1. The van der Waals surface area contributed by atoms with Gasteiger partial charge < -0.3 is 10.2 Å². The van der Waals surface area contributed by atoms with Crippen molar-refractivity contribution in [3.8, 4) is 0 Å². The summed E-state index contributed by atoms with van der Waals surface area (Å²) >= 11 is 3.40. The molecule has 0 aliphatic carbocycles. The van der Waals surface area contributed by atoms with E-state index in [1.54, 1.807) is 0 Å². The molecule has 1 heterocycles. The second-order valence-electron chi connectivity index (χ2n) is 4.39. The normalized spacial score (nSPS) is 20.4. The number of carbonyl (C=O) groups excluding carboxylic acids is 1. The highest BCUT2D eigenvalue weighted by atomic mass is 79.9. The van der Waals surface area contributed by atoms with Crippen molar-refractivity contribution in [2.75, 3.05) is 20.1 Å². The third-order valence-electron chi connectivity index (χ3n) is 3.19. The maximum Gasteiger partial charge on any atom is 0.253 e. The molecule has 1 amide bonds. The van der Waals surface area contributed by atoms with Crippen molar-refractivity contribution in [2.45, 2.75) is 18.9 Å². The summed E-state index contributed by atoms with van der Waals surface area (Å²) in [5, 5.41) is 3.25. The first-order valence-electron chi connectivity index (χ1n) is 5.93. The number of hydrogen-bond donors (Lipinski definition) is 1. The molecule has 1 N–H and O–H groups in total. The molecule has 2 rings (SSSR count). The molecule has 1 aromatic rings. The van der Waals surface area contributed by atoms with Crippen LogP contribution in [0.3, 0.4) is 0 Å². The van der Waals surface area contributed by atoms with Gasteiger partial charge in [0.05, 0.1) is 0 Å². The first-order valence-corrected chi connectivity index (χ1v) is 6.72. The van der Waals surface area contributed by atoms with Gasteiger partial charge in [0.1, 0.15) is 0 Å². The largest absolute Gasteiger partial charge is 0.337 e. The number of rotatable bonds is 2. The van der Waals surface area contributed by atoms with E-state index in [4.69, 9.17) is 0 Å². The van der Waals surface area contributed by atoms with E-state index in [1.807, 2.05) is 36.2 Å². The Morgan fingerprint density at radius 1 is 1.53 bits per heavy atom. The Morgan fingerprint density at radius 2 is 2.35 bits per heavy atom. The summed E-state index contributed by atoms with van der Waals surface area (Å²) in [6, 6.07) is 8.02. The van der Waals surface area contributed by atoms with E-state index in [-0.39, 0.29) is 5.91 Å². The monoisotopic (exact) mass is 296 g/mol. The Kier molecular flexibility index (Phi) is 4.18. The SMILES string of the molecule is CN[C@H]1CCCN(C(=O)c2cccc(Br)c2)C1. The van der Waals surface area contributed by atoms with Crippen LogP contribution in [0.2, 0.25) is 0 Å². The Labute approximate surface area is 110 Å². The summed E-state index contributed by atoms with van der Waals surface area (Å²) in [5.41, 5.74) is 0.760. The van der Waals surface area contributed by atoms with Gasteiger partial charge in [-0.2, -0.15) is 0 Å². The van der Waals surface area contributed by atoms with Gasteiger partial charge in [-0.1, -0.05) is 22.0 Å². The molecule has 0 bridgehead atoms. The van der Waals surface area contributed by atoms with E-state index in [0.29, 0.717) is 6.04 Å². The zero-order valence-electron chi connectivity index (χ0n) is 9.95. The number of likely N-dealkylation sites (tertiary alicyclic amines) is 1. The lowest BCUT2D eigenvalue weighted by molar-refractivity contribution is 0.0698. The Hall–Kier alpha value is -0.870. The number of carbonyl (C=O) groups is 1. The molecule has 4 heteroatoms. The summed E-state index contributed by atoms with van der Waals surface area (Å²) in [4.78, 5) is 14.2. The smallest absolute Gasteiger partial charge is 0.253 e. The molecule has 1 aliphatic rings. The van der Waals surface area contributed by atoms with E-state index >= 15 is 0 Å². The third kappa shape index (κ3) is 3.07. The summed E-state index contributed by atoms with van der Waals surface area (Å²) in [7, 11) is 1.96. The number of nitrogens with zero attached hydrogens (tertiary/aromatic N) is 1. The van der Waals surface area contributed by atoms with Crippen molar-refractivity contribution in [1.82, 2.24) is 10.2 Å². The van der Waals surface area contributed by atoms with Crippen LogP contribution in [-0.4, -0.2) is 37.0 Å². The number of halogens is 1. The molecule has 0 saturated carbocycles. The van der Waals surface area contributed by atoms with Gasteiger partial charge in [-0.25, -0.2) is 0 Å². The topological polar surface area (TPSA) is 32.3 Å². The predicted molar refractivity (Wildman–Crippen MR) is 72.1 cm³/mol. The number of hydrogen-bond acceptors (Lipinski definition) is 2. The maximum absolute atomic E-state index is 12.3. The molecule has 1 aromatic carbocycles. The highest BCUT2D eigenvalue weighted by Gasteiger charge is 2.23. The van der Waals surface area contributed by atoms with Gasteiger partial charge in [0, 0.05) is 29.2 Å². The molecule has 17 heavy (non-hydrogen) atoms. The molecule has 1 atom stereocenters. The lowest BCUT2D eigenvalue weighted by atomic mass is 10.0. The molecule has 1 fully saturated rings. The van der Waals surface area contributed by atoms with Crippen LogP contribution in [0.25, 0.3) is 0 Å². The van der Waals surface area contributed by atoms with Crippen molar-refractivity contribution in [1.29, 1.82) is 0 Å². The number of nitrogens with one attached hydrogen (secondary N) is 1. The van der Waals surface area contributed by atoms with Crippen LogP contribution >= 0.6 is 15.9 Å². The van der Waals surface area contributed by atoms with Crippen molar-refractivity contribution in [2.24, 2.45) is 0 Å². The molecule has 1 saturated heterocycles. The van der Waals surface area contributed by atoms with Crippen molar-refractivity contribution >= 4 is 21.8 Å². The van der Waals surface area contributed by atoms with Crippen LogP contribution in [0.1, 0.15) is 23.2 Å². The minimum absolute atomic E-state index is 0.131. The van der Waals surface area contributed by atoms with Crippen LogP contribution in [0, 0.1) is 0 Å². The molecule has 0 unspecified atom stereocenters. The van der Waals surface area contributed by atoms with Gasteiger partial charge in [-0.05, 0) is 38.1 Å². The predicted octanol–water partition coefficient (Wildman–Crippen LogP) is 2.27. The first kappa shape index (κ1) is 12.6. The second kappa shape index (κ2) is 5.65. The van der Waals surface area contributed by atoms with E-state index in [1.165, 1.54) is 0 Å². The second-order valence-corrected chi connectivity index (χ2v) is 5.31. The van der Waals surface area contributed by atoms with E-state index in [2.05, 4.69) is 21.2 Å². The highest BCUT2D eigenvalue weighted by Crippen LogP contribution is 2.16. The standard InChI is InChI=1S/C13H17BrN2O/c1-15-12-6-3-7-16(9-12)13(17)10-4-2-5-11(14)8-10/h2,4-5,8,12,15H,3,6-7,9H2,1H3/t12-/m0/s1. The van der Waals surface area contributed by atoms with Crippen LogP contribution in [0.15, 0.2) is 28.7 Å². The van der Waals surface area contributed by atoms with Gasteiger partial charge >= 0.3 is 0 Å². The van der Waals surface area contributed by atoms with Gasteiger partial charge in [-0.15, -0.1) is 0 Å². The molecule has 92 valence electrons. The van der Waals surface area contributed by atoms with Gasteiger partial charge in [0.15, 0.2) is 0 Å². The Balaban J connectivity index is 2.09. The van der Waals surface area contributed by atoms with Crippen LogP contribution < -0.4 is 5.32 Å². The minimum atomic E-state index is 0.131. The fourth-order valence-corrected chi connectivity index (χ4v) is 2.60. The number of piperidine rings is 1. The molecule has 0 spiro atoms. The lowest BCUT2D eigenvalue weighted by Gasteiger charge is -2.32. The minimum Gasteiger partial charge on any atom is -0.337 e. The van der Waals surface area contributed by atoms with Crippen molar-refractivity contribution in [3.05, 3.63) is 34.3 Å². The maximum atomic E-state index is 12.3. The van der Waals surface area contributed by atoms with Crippen LogP contribution in [-0.2, 0) is 0 Å². The number of amides is 1. The molecule has 0 radical (unpaired) electrons. The Bertz CT molecular complexity index is 408. The van der Waals surface area contributed by atoms with Crippen molar-refractivity contribution < 1.29 is 4.79 Å². The van der Waals surface area contributed by atoms with E-state index < -0.39 is 0 Å². The zero-order valence-corrected chi connectivity index (χ0v) is 11.5.